The van der Waals surface area contributed by atoms with Crippen molar-refractivity contribution in [2.24, 2.45) is 0 Å². The molecular formula is C12H16ClF3N4. The number of rotatable bonds is 3. The van der Waals surface area contributed by atoms with Crippen molar-refractivity contribution >= 4 is 11.6 Å². The van der Waals surface area contributed by atoms with E-state index in [1.54, 1.807) is 6.07 Å². The maximum Gasteiger partial charge on any atom is 0.401 e. The summed E-state index contributed by atoms with van der Waals surface area (Å²) >= 11 is 5.86. The topological polar surface area (TPSA) is 32.3 Å². The molecule has 1 aromatic rings. The Hall–Kier alpha value is -0.920. The lowest BCUT2D eigenvalue weighted by molar-refractivity contribution is -0.149. The van der Waals surface area contributed by atoms with Crippen LogP contribution in [0.4, 0.5) is 13.2 Å². The molecule has 0 amide bonds. The van der Waals surface area contributed by atoms with E-state index in [4.69, 9.17) is 11.6 Å². The van der Waals surface area contributed by atoms with Crippen LogP contribution in [0.25, 0.3) is 0 Å². The summed E-state index contributed by atoms with van der Waals surface area (Å²) in [4.78, 5) is 11.9. The Balaban J connectivity index is 1.85. The maximum atomic E-state index is 12.3. The van der Waals surface area contributed by atoms with Crippen LogP contribution in [-0.2, 0) is 6.54 Å². The van der Waals surface area contributed by atoms with Crippen molar-refractivity contribution in [3.63, 3.8) is 0 Å². The van der Waals surface area contributed by atoms with Gasteiger partial charge in [-0.3, -0.25) is 9.80 Å². The van der Waals surface area contributed by atoms with Gasteiger partial charge < -0.3 is 0 Å². The zero-order chi connectivity index (χ0) is 14.8. The first-order valence-corrected chi connectivity index (χ1v) is 6.71. The van der Waals surface area contributed by atoms with Crippen LogP contribution in [0.2, 0.25) is 5.15 Å². The standard InChI is InChI=1S/C12H16ClF3N4/c1-9-6-10(13)18-11(17-9)7-19-2-4-20(5-3-19)8-12(14,15)16/h6H,2-5,7-8H2,1H3. The molecule has 0 unspecified atom stereocenters. The van der Waals surface area contributed by atoms with E-state index < -0.39 is 12.7 Å². The summed E-state index contributed by atoms with van der Waals surface area (Å²) in [7, 11) is 0. The van der Waals surface area contributed by atoms with Crippen LogP contribution >= 0.6 is 11.6 Å². The Bertz CT molecular complexity index is 438. The summed E-state index contributed by atoms with van der Waals surface area (Å²) in [6.07, 6.45) is -4.13. The zero-order valence-electron chi connectivity index (χ0n) is 11.1. The number of aryl methyl sites for hydroxylation is 1. The normalized spacial score (nSPS) is 18.4. The molecule has 0 bridgehead atoms. The van der Waals surface area contributed by atoms with Crippen molar-refractivity contribution in [1.82, 2.24) is 19.8 Å². The van der Waals surface area contributed by atoms with E-state index in [-0.39, 0.29) is 0 Å². The van der Waals surface area contributed by atoms with Gasteiger partial charge in [-0.15, -0.1) is 0 Å². The van der Waals surface area contributed by atoms with Crippen molar-refractivity contribution < 1.29 is 13.2 Å². The van der Waals surface area contributed by atoms with Gasteiger partial charge in [0.25, 0.3) is 0 Å². The first kappa shape index (κ1) is 15.5. The van der Waals surface area contributed by atoms with Crippen LogP contribution < -0.4 is 0 Å². The van der Waals surface area contributed by atoms with Gasteiger partial charge in [-0.2, -0.15) is 13.2 Å². The van der Waals surface area contributed by atoms with Crippen LogP contribution in [0.15, 0.2) is 6.07 Å². The average Bonchev–Trinajstić information content (AvgIpc) is 2.28. The lowest BCUT2D eigenvalue weighted by atomic mass is 10.3. The molecule has 0 N–H and O–H groups in total. The van der Waals surface area contributed by atoms with Gasteiger partial charge >= 0.3 is 6.18 Å². The number of hydrogen-bond donors (Lipinski definition) is 0. The second-order valence-electron chi connectivity index (χ2n) is 4.92. The predicted molar refractivity (Wildman–Crippen MR) is 69.6 cm³/mol. The second-order valence-corrected chi connectivity index (χ2v) is 5.30. The Labute approximate surface area is 120 Å². The molecule has 0 radical (unpaired) electrons. The highest BCUT2D eigenvalue weighted by atomic mass is 35.5. The highest BCUT2D eigenvalue weighted by molar-refractivity contribution is 6.29. The Morgan fingerprint density at radius 3 is 2.30 bits per heavy atom. The van der Waals surface area contributed by atoms with Gasteiger partial charge in [-0.25, -0.2) is 9.97 Å². The SMILES string of the molecule is Cc1cc(Cl)nc(CN2CCN(CC(F)(F)F)CC2)n1. The molecule has 0 saturated carbocycles. The van der Waals surface area contributed by atoms with Crippen LogP contribution in [-0.4, -0.2) is 58.7 Å². The summed E-state index contributed by atoms with van der Waals surface area (Å²) in [5.41, 5.74) is 0.788. The molecule has 2 rings (SSSR count). The minimum absolute atomic E-state index is 0.392. The number of nitrogens with zero attached hydrogens (tertiary/aromatic N) is 4. The minimum Gasteiger partial charge on any atom is -0.293 e. The molecule has 112 valence electrons. The summed E-state index contributed by atoms with van der Waals surface area (Å²) in [5, 5.41) is 0.392. The van der Waals surface area contributed by atoms with Gasteiger partial charge in [0.2, 0.25) is 0 Å². The fourth-order valence-electron chi connectivity index (χ4n) is 2.22. The molecule has 0 spiro atoms. The van der Waals surface area contributed by atoms with E-state index in [1.165, 1.54) is 4.90 Å². The monoisotopic (exact) mass is 308 g/mol. The van der Waals surface area contributed by atoms with Crippen LogP contribution in [0.5, 0.6) is 0 Å². The molecule has 0 aliphatic carbocycles. The molecule has 1 aliphatic heterocycles. The highest BCUT2D eigenvalue weighted by Crippen LogP contribution is 2.18. The number of hydrogen-bond acceptors (Lipinski definition) is 4. The molecule has 4 nitrogen and oxygen atoms in total. The average molecular weight is 309 g/mol. The number of alkyl halides is 3. The smallest absolute Gasteiger partial charge is 0.293 e. The molecule has 2 heterocycles. The fraction of sp³-hybridized carbons (Fsp3) is 0.667. The third-order valence-corrected chi connectivity index (χ3v) is 3.30. The molecule has 0 atom stereocenters. The van der Waals surface area contributed by atoms with Gasteiger partial charge in [0.05, 0.1) is 13.1 Å². The van der Waals surface area contributed by atoms with Crippen LogP contribution in [0.3, 0.4) is 0 Å². The lowest BCUT2D eigenvalue weighted by Crippen LogP contribution is -2.48. The van der Waals surface area contributed by atoms with E-state index in [1.807, 2.05) is 11.8 Å². The van der Waals surface area contributed by atoms with Crippen LogP contribution in [0.1, 0.15) is 11.5 Å². The van der Waals surface area contributed by atoms with E-state index in [2.05, 4.69) is 9.97 Å². The van der Waals surface area contributed by atoms with Crippen molar-refractivity contribution in [3.05, 3.63) is 22.7 Å². The fourth-order valence-corrected chi connectivity index (χ4v) is 2.47. The molecule has 1 fully saturated rings. The molecular weight excluding hydrogens is 293 g/mol. The van der Waals surface area contributed by atoms with Gasteiger partial charge in [0, 0.05) is 31.9 Å². The number of piperazine rings is 1. The van der Waals surface area contributed by atoms with E-state index in [9.17, 15) is 13.2 Å². The van der Waals surface area contributed by atoms with E-state index in [0.29, 0.717) is 43.7 Å². The Morgan fingerprint density at radius 2 is 1.75 bits per heavy atom. The lowest BCUT2D eigenvalue weighted by Gasteiger charge is -2.34. The van der Waals surface area contributed by atoms with Crippen molar-refractivity contribution in [2.75, 3.05) is 32.7 Å². The van der Waals surface area contributed by atoms with Gasteiger partial charge in [0.1, 0.15) is 11.0 Å². The van der Waals surface area contributed by atoms with Crippen molar-refractivity contribution in [2.45, 2.75) is 19.6 Å². The van der Waals surface area contributed by atoms with Gasteiger partial charge in [0.15, 0.2) is 0 Å². The highest BCUT2D eigenvalue weighted by Gasteiger charge is 2.32. The first-order chi connectivity index (χ1) is 9.32. The summed E-state index contributed by atoms with van der Waals surface area (Å²) in [5.74, 6) is 0.610. The maximum absolute atomic E-state index is 12.3. The molecule has 8 heteroatoms. The van der Waals surface area contributed by atoms with Crippen LogP contribution in [0, 0.1) is 6.92 Å². The molecule has 1 aliphatic rings. The van der Waals surface area contributed by atoms with Crippen molar-refractivity contribution in [1.29, 1.82) is 0 Å². The third-order valence-electron chi connectivity index (χ3n) is 3.10. The van der Waals surface area contributed by atoms with E-state index in [0.717, 1.165) is 5.69 Å². The predicted octanol–water partition coefficient (Wildman–Crippen LogP) is 2.12. The Morgan fingerprint density at radius 1 is 1.15 bits per heavy atom. The van der Waals surface area contributed by atoms with Gasteiger partial charge in [-0.1, -0.05) is 11.6 Å². The minimum atomic E-state index is -4.13. The quantitative estimate of drug-likeness (QED) is 0.801. The number of aromatic nitrogens is 2. The molecule has 0 aromatic carbocycles. The van der Waals surface area contributed by atoms with Gasteiger partial charge in [-0.05, 0) is 13.0 Å². The zero-order valence-corrected chi connectivity index (χ0v) is 11.9. The largest absolute Gasteiger partial charge is 0.401 e. The number of halogens is 4. The Kier molecular flexibility index (Phi) is 4.82. The second kappa shape index (κ2) is 6.24. The summed E-state index contributed by atoms with van der Waals surface area (Å²) in [6.45, 7) is 3.46. The third kappa shape index (κ3) is 4.88. The summed E-state index contributed by atoms with van der Waals surface area (Å²) < 4.78 is 36.8. The first-order valence-electron chi connectivity index (χ1n) is 6.33. The molecule has 20 heavy (non-hydrogen) atoms. The van der Waals surface area contributed by atoms with E-state index >= 15 is 0 Å². The molecule has 1 saturated heterocycles. The summed E-state index contributed by atoms with van der Waals surface area (Å²) in [6, 6.07) is 1.67. The molecule has 1 aromatic heterocycles. The van der Waals surface area contributed by atoms with Crippen molar-refractivity contribution in [3.8, 4) is 0 Å².